The third kappa shape index (κ3) is 1.98. The van der Waals surface area contributed by atoms with Crippen molar-refractivity contribution in [3.8, 4) is 0 Å². The van der Waals surface area contributed by atoms with E-state index in [1.165, 1.54) is 19.3 Å². The normalized spacial score (nSPS) is 16.0. The summed E-state index contributed by atoms with van der Waals surface area (Å²) in [5, 5.41) is 11.1. The van der Waals surface area contributed by atoms with Gasteiger partial charge < -0.3 is 11.1 Å². The van der Waals surface area contributed by atoms with E-state index in [1.807, 2.05) is 6.07 Å². The van der Waals surface area contributed by atoms with Crippen LogP contribution in [-0.4, -0.2) is 21.2 Å². The lowest BCUT2D eigenvalue weighted by Gasteiger charge is -2.26. The third-order valence-corrected chi connectivity index (χ3v) is 2.63. The number of rotatable bonds is 3. The zero-order chi connectivity index (χ0) is 9.97. The Morgan fingerprint density at radius 2 is 2.36 bits per heavy atom. The van der Waals surface area contributed by atoms with Gasteiger partial charge in [0.2, 0.25) is 0 Å². The predicted molar refractivity (Wildman–Crippen MR) is 59.2 cm³/mol. The van der Waals surface area contributed by atoms with Gasteiger partial charge in [0.25, 0.3) is 0 Å². The molecule has 0 aliphatic heterocycles. The van der Waals surface area contributed by atoms with E-state index >= 15 is 0 Å². The summed E-state index contributed by atoms with van der Waals surface area (Å²) in [6.45, 7) is 0. The van der Waals surface area contributed by atoms with Crippen LogP contribution in [0.2, 0.25) is 0 Å². The van der Waals surface area contributed by atoms with Crippen LogP contribution in [0.1, 0.15) is 24.8 Å². The van der Waals surface area contributed by atoms with E-state index in [2.05, 4.69) is 15.5 Å². The first-order valence-electron chi connectivity index (χ1n) is 4.65. The fourth-order valence-electron chi connectivity index (χ4n) is 1.33. The summed E-state index contributed by atoms with van der Waals surface area (Å²) in [6, 6.07) is 2.39. The maximum atomic E-state index is 5.50. The van der Waals surface area contributed by atoms with Crippen LogP contribution in [0.5, 0.6) is 0 Å². The standard InChI is InChI=1S/C9H12N4S/c10-9(14)6-4-8(13-11-5-6)12-7-2-1-3-7/h4-5,7H,1-3H2,(H2,10,14)(H,12,13). The van der Waals surface area contributed by atoms with Crippen LogP contribution in [0.4, 0.5) is 5.82 Å². The first-order valence-corrected chi connectivity index (χ1v) is 5.05. The molecular weight excluding hydrogens is 196 g/mol. The van der Waals surface area contributed by atoms with Gasteiger partial charge in [-0.1, -0.05) is 12.2 Å². The Bertz CT molecular complexity index is 348. The Labute approximate surface area is 87.9 Å². The molecule has 1 aromatic rings. The second kappa shape index (κ2) is 3.88. The van der Waals surface area contributed by atoms with Crippen molar-refractivity contribution in [3.05, 3.63) is 17.8 Å². The molecule has 3 N–H and O–H groups in total. The van der Waals surface area contributed by atoms with E-state index < -0.39 is 0 Å². The van der Waals surface area contributed by atoms with Crippen molar-refractivity contribution >= 4 is 23.0 Å². The van der Waals surface area contributed by atoms with Crippen LogP contribution in [0.25, 0.3) is 0 Å². The van der Waals surface area contributed by atoms with E-state index in [4.69, 9.17) is 18.0 Å². The monoisotopic (exact) mass is 208 g/mol. The fraction of sp³-hybridized carbons (Fsp3) is 0.444. The Morgan fingerprint density at radius 3 is 2.93 bits per heavy atom. The van der Waals surface area contributed by atoms with Crippen molar-refractivity contribution in [2.24, 2.45) is 5.73 Å². The van der Waals surface area contributed by atoms with Crippen molar-refractivity contribution in [2.75, 3.05) is 5.32 Å². The molecule has 0 unspecified atom stereocenters. The minimum Gasteiger partial charge on any atom is -0.389 e. The summed E-state index contributed by atoms with van der Waals surface area (Å²) in [5.41, 5.74) is 6.26. The Balaban J connectivity index is 2.09. The number of hydrogen-bond donors (Lipinski definition) is 2. The second-order valence-corrected chi connectivity index (χ2v) is 3.91. The quantitative estimate of drug-likeness (QED) is 0.728. The average Bonchev–Trinajstić information content (AvgIpc) is 2.12. The van der Waals surface area contributed by atoms with Gasteiger partial charge in [-0.15, -0.1) is 5.10 Å². The summed E-state index contributed by atoms with van der Waals surface area (Å²) in [4.78, 5) is 0.358. The van der Waals surface area contributed by atoms with E-state index in [0.717, 1.165) is 11.4 Å². The summed E-state index contributed by atoms with van der Waals surface area (Å²) < 4.78 is 0. The predicted octanol–water partition coefficient (Wildman–Crippen LogP) is 1.08. The molecule has 0 aromatic carbocycles. The molecule has 14 heavy (non-hydrogen) atoms. The maximum absolute atomic E-state index is 5.50. The van der Waals surface area contributed by atoms with Gasteiger partial charge in [0.1, 0.15) is 10.8 Å². The first kappa shape index (κ1) is 9.33. The summed E-state index contributed by atoms with van der Waals surface area (Å²) >= 11 is 4.86. The van der Waals surface area contributed by atoms with Gasteiger partial charge in [-0.3, -0.25) is 0 Å². The van der Waals surface area contributed by atoms with Crippen molar-refractivity contribution in [1.82, 2.24) is 10.2 Å². The lowest BCUT2D eigenvalue weighted by atomic mass is 9.93. The lowest BCUT2D eigenvalue weighted by Crippen LogP contribution is -2.27. The molecule has 0 spiro atoms. The highest BCUT2D eigenvalue weighted by molar-refractivity contribution is 7.80. The molecule has 1 heterocycles. The molecule has 0 atom stereocenters. The van der Waals surface area contributed by atoms with Gasteiger partial charge in [0, 0.05) is 11.6 Å². The Morgan fingerprint density at radius 1 is 1.57 bits per heavy atom. The van der Waals surface area contributed by atoms with E-state index in [9.17, 15) is 0 Å². The number of nitrogens with one attached hydrogen (secondary N) is 1. The molecule has 1 fully saturated rings. The van der Waals surface area contributed by atoms with Crippen LogP contribution in [0, 0.1) is 0 Å². The Kier molecular flexibility index (Phi) is 2.58. The summed E-state index contributed by atoms with van der Waals surface area (Å²) in [7, 11) is 0. The molecule has 1 aromatic heterocycles. The molecule has 1 aliphatic carbocycles. The van der Waals surface area contributed by atoms with Gasteiger partial charge in [-0.05, 0) is 25.3 Å². The molecule has 2 rings (SSSR count). The molecule has 0 amide bonds. The average molecular weight is 208 g/mol. The molecule has 1 saturated carbocycles. The number of nitrogens with zero attached hydrogens (tertiary/aromatic N) is 2. The second-order valence-electron chi connectivity index (χ2n) is 3.47. The van der Waals surface area contributed by atoms with E-state index in [0.29, 0.717) is 11.0 Å². The van der Waals surface area contributed by atoms with Crippen LogP contribution in [0.3, 0.4) is 0 Å². The smallest absolute Gasteiger partial charge is 0.149 e. The SMILES string of the molecule is NC(=S)c1cnnc(NC2CCC2)c1. The number of aromatic nitrogens is 2. The molecule has 0 radical (unpaired) electrons. The van der Waals surface area contributed by atoms with Crippen LogP contribution >= 0.6 is 12.2 Å². The van der Waals surface area contributed by atoms with Gasteiger partial charge >= 0.3 is 0 Å². The van der Waals surface area contributed by atoms with Gasteiger partial charge in [-0.2, -0.15) is 5.10 Å². The van der Waals surface area contributed by atoms with Crippen molar-refractivity contribution in [2.45, 2.75) is 25.3 Å². The minimum atomic E-state index is 0.358. The van der Waals surface area contributed by atoms with Crippen molar-refractivity contribution < 1.29 is 0 Å². The highest BCUT2D eigenvalue weighted by atomic mass is 32.1. The van der Waals surface area contributed by atoms with Crippen LogP contribution in [0.15, 0.2) is 12.3 Å². The number of hydrogen-bond acceptors (Lipinski definition) is 4. The van der Waals surface area contributed by atoms with E-state index in [-0.39, 0.29) is 0 Å². The van der Waals surface area contributed by atoms with Gasteiger partial charge in [0.05, 0.1) is 6.20 Å². The minimum absolute atomic E-state index is 0.358. The van der Waals surface area contributed by atoms with E-state index in [1.54, 1.807) is 6.20 Å². The van der Waals surface area contributed by atoms with Crippen LogP contribution in [-0.2, 0) is 0 Å². The van der Waals surface area contributed by atoms with Crippen molar-refractivity contribution in [3.63, 3.8) is 0 Å². The Hall–Kier alpha value is -1.23. The van der Waals surface area contributed by atoms with Gasteiger partial charge in [0.15, 0.2) is 0 Å². The maximum Gasteiger partial charge on any atom is 0.149 e. The van der Waals surface area contributed by atoms with Crippen molar-refractivity contribution in [1.29, 1.82) is 0 Å². The molecule has 5 heteroatoms. The molecule has 4 nitrogen and oxygen atoms in total. The van der Waals surface area contributed by atoms with Crippen LogP contribution < -0.4 is 11.1 Å². The molecule has 0 saturated heterocycles. The number of anilines is 1. The molecule has 74 valence electrons. The fourth-order valence-corrected chi connectivity index (χ4v) is 1.45. The number of nitrogens with two attached hydrogens (primary N) is 1. The summed E-state index contributed by atoms with van der Waals surface area (Å²) in [5.74, 6) is 0.764. The lowest BCUT2D eigenvalue weighted by molar-refractivity contribution is 0.444. The zero-order valence-electron chi connectivity index (χ0n) is 7.73. The highest BCUT2D eigenvalue weighted by Gasteiger charge is 2.17. The summed E-state index contributed by atoms with van der Waals surface area (Å²) in [6.07, 6.45) is 5.28. The molecule has 0 bridgehead atoms. The molecule has 1 aliphatic rings. The zero-order valence-corrected chi connectivity index (χ0v) is 8.55. The largest absolute Gasteiger partial charge is 0.389 e. The molecular formula is C9H12N4S. The highest BCUT2D eigenvalue weighted by Crippen LogP contribution is 2.22. The number of thiocarbonyl (C=S) groups is 1. The third-order valence-electron chi connectivity index (χ3n) is 2.40. The topological polar surface area (TPSA) is 63.8 Å². The van der Waals surface area contributed by atoms with Gasteiger partial charge in [-0.25, -0.2) is 0 Å². The first-order chi connectivity index (χ1) is 6.75.